The molecule has 0 amide bonds. The van der Waals surface area contributed by atoms with Gasteiger partial charge in [0.1, 0.15) is 6.61 Å². The van der Waals surface area contributed by atoms with Crippen LogP contribution in [-0.2, 0) is 16.1 Å². The number of ether oxygens (including phenoxy) is 5. The first kappa shape index (κ1) is 30.6. The van der Waals surface area contributed by atoms with Crippen molar-refractivity contribution in [3.8, 4) is 23.0 Å². The molecule has 2 aliphatic heterocycles. The number of allylic oxidation sites excluding steroid dienone is 1. The van der Waals surface area contributed by atoms with E-state index in [9.17, 15) is 14.5 Å². The number of nitrogens with zero attached hydrogens (tertiary/aromatic N) is 3. The Morgan fingerprint density at radius 1 is 1.04 bits per heavy atom. The topological polar surface area (TPSA) is 138 Å². The van der Waals surface area contributed by atoms with E-state index in [4.69, 9.17) is 28.9 Å². The van der Waals surface area contributed by atoms with Gasteiger partial charge in [-0.2, -0.15) is 0 Å². The van der Waals surface area contributed by atoms with E-state index in [-0.39, 0.29) is 41.7 Å². The normalized spacial score (nSPS) is 15.3. The van der Waals surface area contributed by atoms with Gasteiger partial charge in [-0.3, -0.25) is 9.36 Å². The van der Waals surface area contributed by atoms with Crippen LogP contribution in [0.25, 0.3) is 6.08 Å². The Labute approximate surface area is 266 Å². The van der Waals surface area contributed by atoms with E-state index in [1.165, 1.54) is 28.0 Å². The van der Waals surface area contributed by atoms with Crippen LogP contribution in [0.5, 0.6) is 23.0 Å². The highest BCUT2D eigenvalue weighted by Gasteiger charge is 2.34. The van der Waals surface area contributed by atoms with Crippen molar-refractivity contribution in [1.82, 2.24) is 4.57 Å². The summed E-state index contributed by atoms with van der Waals surface area (Å²) < 4.78 is 30.2. The zero-order chi connectivity index (χ0) is 32.4. The fourth-order valence-corrected chi connectivity index (χ4v) is 6.27. The minimum Gasteiger partial charge on any atom is -0.490 e. The van der Waals surface area contributed by atoms with Crippen molar-refractivity contribution in [2.24, 2.45) is 4.99 Å². The smallest absolute Gasteiger partial charge is 0.338 e. The van der Waals surface area contributed by atoms with E-state index in [1.807, 2.05) is 13.0 Å². The minimum absolute atomic E-state index is 0.0911. The van der Waals surface area contributed by atoms with Crippen LogP contribution < -0.4 is 33.8 Å². The summed E-state index contributed by atoms with van der Waals surface area (Å²) in [5, 5.41) is 9.05. The number of thiazole rings is 1. The van der Waals surface area contributed by atoms with Gasteiger partial charge in [-0.05, 0) is 79.9 Å². The highest BCUT2D eigenvalue weighted by atomic mass is 32.1. The van der Waals surface area contributed by atoms with Crippen LogP contribution in [0.4, 0.5) is 5.69 Å². The van der Waals surface area contributed by atoms with Crippen LogP contribution >= 0.6 is 11.3 Å². The third kappa shape index (κ3) is 5.96. The van der Waals surface area contributed by atoms with Crippen molar-refractivity contribution in [1.29, 1.82) is 0 Å². The Morgan fingerprint density at radius 2 is 1.83 bits per heavy atom. The summed E-state index contributed by atoms with van der Waals surface area (Å²) in [4.78, 5) is 43.2. The largest absolute Gasteiger partial charge is 0.490 e. The maximum Gasteiger partial charge on any atom is 0.338 e. The highest BCUT2D eigenvalue weighted by Crippen LogP contribution is 2.38. The van der Waals surface area contributed by atoms with Crippen molar-refractivity contribution < 1.29 is 38.6 Å². The van der Waals surface area contributed by atoms with Gasteiger partial charge in [0.25, 0.3) is 10.5 Å². The highest BCUT2D eigenvalue weighted by molar-refractivity contribution is 7.07. The number of aromatic nitrogens is 1. The van der Waals surface area contributed by atoms with E-state index < -0.39 is 12.0 Å². The summed E-state index contributed by atoms with van der Waals surface area (Å²) in [6.07, 6.45) is 1.75. The standard InChI is InChI=1S/C33H30N3O9S/c1-4-41-26-14-21(8-12-24(26)43-17-20-6-10-23(11-7-20)36(39)40)15-28-31(37)35-30(22-9-13-25-27(16-22)45-18-44-25)29(32(38)42-5-2)19(3)34-33(35)46-28/h6-16,30H,4-5,17-18H2,1-3H3,(H,39,40)/q+1/b28-15-. The molecule has 4 aromatic rings. The number of rotatable bonds is 10. The lowest BCUT2D eigenvalue weighted by molar-refractivity contribution is -0.729. The molecule has 1 atom stereocenters. The lowest BCUT2D eigenvalue weighted by Gasteiger charge is -2.24. The third-order valence-electron chi connectivity index (χ3n) is 7.35. The zero-order valence-corrected chi connectivity index (χ0v) is 26.0. The quantitative estimate of drug-likeness (QED) is 0.198. The molecule has 1 unspecified atom stereocenters. The van der Waals surface area contributed by atoms with Crippen molar-refractivity contribution in [3.05, 3.63) is 113 Å². The summed E-state index contributed by atoms with van der Waals surface area (Å²) in [5.74, 6) is 1.55. The van der Waals surface area contributed by atoms with Gasteiger partial charge >= 0.3 is 11.7 Å². The molecule has 0 radical (unpaired) electrons. The number of carbonyl (C=O) groups is 1. The first-order valence-electron chi connectivity index (χ1n) is 14.5. The van der Waals surface area contributed by atoms with Crippen LogP contribution in [0.3, 0.4) is 0 Å². The number of fused-ring (bicyclic) bond motifs is 2. The summed E-state index contributed by atoms with van der Waals surface area (Å²) in [5.41, 5.74) is 2.68. The molecular formula is C33H30N3O9S+. The predicted molar refractivity (Wildman–Crippen MR) is 166 cm³/mol. The molecule has 1 N–H and O–H groups in total. The Morgan fingerprint density at radius 3 is 2.57 bits per heavy atom. The van der Waals surface area contributed by atoms with Crippen LogP contribution in [0, 0.1) is 4.91 Å². The number of hydrogen-bond acceptors (Lipinski definition) is 10. The van der Waals surface area contributed by atoms with Gasteiger partial charge in [0, 0.05) is 12.1 Å². The number of hydrogen-bond donors (Lipinski definition) is 1. The molecule has 2 aliphatic rings. The summed E-state index contributed by atoms with van der Waals surface area (Å²) in [6.45, 7) is 6.16. The molecule has 12 nitrogen and oxygen atoms in total. The number of carbonyl (C=O) groups excluding carboxylic acids is 1. The van der Waals surface area contributed by atoms with Gasteiger partial charge < -0.3 is 23.7 Å². The maximum absolute atomic E-state index is 14.0. The number of esters is 1. The maximum atomic E-state index is 14.0. The summed E-state index contributed by atoms with van der Waals surface area (Å²) in [6, 6.07) is 16.2. The predicted octanol–water partition coefficient (Wildman–Crippen LogP) is 4.30. The first-order chi connectivity index (χ1) is 22.3. The molecule has 3 aromatic carbocycles. The molecule has 236 valence electrons. The molecule has 46 heavy (non-hydrogen) atoms. The molecule has 3 heterocycles. The monoisotopic (exact) mass is 644 g/mol. The molecule has 0 spiro atoms. The lowest BCUT2D eigenvalue weighted by atomic mass is 9.95. The van der Waals surface area contributed by atoms with Crippen molar-refractivity contribution >= 4 is 29.1 Å². The molecule has 0 fully saturated rings. The first-order valence-corrected chi connectivity index (χ1v) is 15.3. The molecule has 0 aliphatic carbocycles. The van der Waals surface area contributed by atoms with E-state index in [0.717, 1.165) is 5.56 Å². The molecule has 0 saturated heterocycles. The second-order valence-electron chi connectivity index (χ2n) is 10.3. The van der Waals surface area contributed by atoms with Gasteiger partial charge in [-0.25, -0.2) is 15.0 Å². The second-order valence-corrected chi connectivity index (χ2v) is 11.3. The van der Waals surface area contributed by atoms with E-state index in [1.54, 1.807) is 62.4 Å². The molecule has 6 rings (SSSR count). The Balaban J connectivity index is 1.36. The molecule has 13 heteroatoms. The SMILES string of the molecule is CCOC(=O)C1=C(C)N=c2s/c(=C\c3ccc(OCc4ccc([N+](=O)O)cc4)c(OCC)c3)c(=O)n2C1c1ccc2c(c1)OCO2. The zero-order valence-electron chi connectivity index (χ0n) is 25.2. The van der Waals surface area contributed by atoms with E-state index in [2.05, 4.69) is 4.99 Å². The molecular weight excluding hydrogens is 614 g/mol. The lowest BCUT2D eigenvalue weighted by Crippen LogP contribution is -2.39. The Kier molecular flexibility index (Phi) is 8.57. The average Bonchev–Trinajstić information content (AvgIpc) is 3.63. The van der Waals surface area contributed by atoms with Crippen LogP contribution in [0.1, 0.15) is 43.5 Å². The van der Waals surface area contributed by atoms with Gasteiger partial charge in [0.15, 0.2) is 27.8 Å². The van der Waals surface area contributed by atoms with Gasteiger partial charge in [-0.15, -0.1) is 0 Å². The van der Waals surface area contributed by atoms with Crippen LogP contribution in [-0.4, -0.2) is 40.7 Å². The molecule has 0 bridgehead atoms. The van der Waals surface area contributed by atoms with Crippen molar-refractivity contribution in [2.45, 2.75) is 33.4 Å². The van der Waals surface area contributed by atoms with Crippen LogP contribution in [0.15, 0.2) is 81.7 Å². The second kappa shape index (κ2) is 12.9. The van der Waals surface area contributed by atoms with Gasteiger partial charge in [-0.1, -0.05) is 23.5 Å². The fraction of sp³-hybridized carbons (Fsp3) is 0.242. The summed E-state index contributed by atoms with van der Waals surface area (Å²) in [7, 11) is 0. The minimum atomic E-state index is -0.787. The van der Waals surface area contributed by atoms with Crippen molar-refractivity contribution in [3.63, 3.8) is 0 Å². The summed E-state index contributed by atoms with van der Waals surface area (Å²) >= 11 is 1.22. The Hall–Kier alpha value is -5.43. The number of benzene rings is 3. The molecule has 1 aromatic heterocycles. The van der Waals surface area contributed by atoms with Gasteiger partial charge in [0.05, 0.1) is 40.0 Å². The van der Waals surface area contributed by atoms with Crippen LogP contribution in [0.2, 0.25) is 0 Å². The average molecular weight is 645 g/mol. The van der Waals surface area contributed by atoms with E-state index in [0.29, 0.717) is 55.8 Å². The third-order valence-corrected chi connectivity index (χ3v) is 8.33. The van der Waals surface area contributed by atoms with Gasteiger partial charge in [0.2, 0.25) is 6.79 Å². The van der Waals surface area contributed by atoms with Crippen molar-refractivity contribution in [2.75, 3.05) is 20.0 Å². The molecule has 0 saturated carbocycles. The Bertz CT molecular complexity index is 2050. The fourth-order valence-electron chi connectivity index (χ4n) is 5.22. The van der Waals surface area contributed by atoms with E-state index >= 15 is 0 Å².